The van der Waals surface area contributed by atoms with Gasteiger partial charge in [0, 0.05) is 12.2 Å². The molecule has 0 saturated heterocycles. The van der Waals surface area contributed by atoms with Crippen LogP contribution >= 0.6 is 12.4 Å². The van der Waals surface area contributed by atoms with Gasteiger partial charge in [-0.15, -0.1) is 12.4 Å². The first kappa shape index (κ1) is 23.4. The number of hydrogen-bond acceptors (Lipinski definition) is 4. The van der Waals surface area contributed by atoms with Crippen LogP contribution in [0.25, 0.3) is 5.69 Å². The molecule has 1 heterocycles. The molecule has 0 unspecified atom stereocenters. The Kier molecular flexibility index (Phi) is 8.89. The van der Waals surface area contributed by atoms with Gasteiger partial charge < -0.3 is 15.4 Å². The predicted molar refractivity (Wildman–Crippen MR) is 123 cm³/mol. The predicted octanol–water partition coefficient (Wildman–Crippen LogP) is 4.69. The summed E-state index contributed by atoms with van der Waals surface area (Å²) in [5, 5.41) is 10.8. The topological polar surface area (TPSA) is 68.2 Å². The largest absolute Gasteiger partial charge is 0.489 e. The SMILES string of the molecule is CCNCc1ccccc1NC(=O)c1nn(-c2ccccc2)cc1OCC(C)C.Cl. The summed E-state index contributed by atoms with van der Waals surface area (Å²) >= 11 is 0. The number of hydrogen-bond donors (Lipinski definition) is 2. The van der Waals surface area contributed by atoms with Crippen LogP contribution in [0.15, 0.2) is 60.8 Å². The molecule has 0 aliphatic rings. The van der Waals surface area contributed by atoms with Gasteiger partial charge in [0.15, 0.2) is 11.4 Å². The maximum atomic E-state index is 13.1. The van der Waals surface area contributed by atoms with Crippen LogP contribution in [0.1, 0.15) is 36.8 Å². The monoisotopic (exact) mass is 428 g/mol. The number of anilines is 1. The first-order valence-corrected chi connectivity index (χ1v) is 9.96. The van der Waals surface area contributed by atoms with Crippen molar-refractivity contribution >= 4 is 24.0 Å². The van der Waals surface area contributed by atoms with Crippen molar-refractivity contribution in [2.24, 2.45) is 5.92 Å². The number of para-hydroxylation sites is 2. The maximum Gasteiger partial charge on any atom is 0.280 e. The van der Waals surface area contributed by atoms with Crippen LogP contribution in [0, 0.1) is 5.92 Å². The summed E-state index contributed by atoms with van der Waals surface area (Å²) in [5.41, 5.74) is 2.93. The van der Waals surface area contributed by atoms with Crippen molar-refractivity contribution in [2.45, 2.75) is 27.3 Å². The van der Waals surface area contributed by atoms with E-state index in [2.05, 4.69) is 36.5 Å². The molecule has 3 aromatic rings. The summed E-state index contributed by atoms with van der Waals surface area (Å²) < 4.78 is 7.57. The number of aromatic nitrogens is 2. The Hall–Kier alpha value is -2.83. The third-order valence-corrected chi connectivity index (χ3v) is 4.32. The zero-order chi connectivity index (χ0) is 20.6. The van der Waals surface area contributed by atoms with E-state index in [4.69, 9.17) is 4.74 Å². The number of carbonyl (C=O) groups excluding carboxylic acids is 1. The van der Waals surface area contributed by atoms with Gasteiger partial charge in [0.25, 0.3) is 5.91 Å². The normalized spacial score (nSPS) is 10.5. The molecule has 2 aromatic carbocycles. The number of carbonyl (C=O) groups is 1. The van der Waals surface area contributed by atoms with Gasteiger partial charge in [-0.2, -0.15) is 5.10 Å². The fraction of sp³-hybridized carbons (Fsp3) is 0.304. The van der Waals surface area contributed by atoms with Crippen molar-refractivity contribution in [3.63, 3.8) is 0 Å². The second-order valence-electron chi connectivity index (χ2n) is 7.22. The van der Waals surface area contributed by atoms with Gasteiger partial charge >= 0.3 is 0 Å². The number of rotatable bonds is 9. The van der Waals surface area contributed by atoms with E-state index in [1.807, 2.05) is 54.6 Å². The minimum atomic E-state index is -0.289. The third-order valence-electron chi connectivity index (χ3n) is 4.32. The van der Waals surface area contributed by atoms with E-state index in [0.29, 0.717) is 24.8 Å². The standard InChI is InChI=1S/C23H28N4O2.ClH/c1-4-24-14-18-10-8-9-13-20(18)25-23(28)22-21(29-16-17(2)3)15-27(26-22)19-11-6-5-7-12-19;/h5-13,15,17,24H,4,14,16H2,1-3H3,(H,25,28);1H. The quantitative estimate of drug-likeness (QED) is 0.518. The van der Waals surface area contributed by atoms with Crippen molar-refractivity contribution in [3.8, 4) is 11.4 Å². The van der Waals surface area contributed by atoms with Gasteiger partial charge in [0.05, 0.1) is 18.5 Å². The average Bonchev–Trinajstić information content (AvgIpc) is 3.17. The lowest BCUT2D eigenvalue weighted by molar-refractivity contribution is 0.101. The maximum absolute atomic E-state index is 13.1. The van der Waals surface area contributed by atoms with E-state index in [1.165, 1.54) is 0 Å². The Morgan fingerprint density at radius 2 is 1.80 bits per heavy atom. The van der Waals surface area contributed by atoms with E-state index in [9.17, 15) is 4.79 Å². The van der Waals surface area contributed by atoms with Crippen molar-refractivity contribution in [1.29, 1.82) is 0 Å². The summed E-state index contributed by atoms with van der Waals surface area (Å²) in [6, 6.07) is 17.4. The first-order valence-electron chi connectivity index (χ1n) is 9.96. The molecule has 2 N–H and O–H groups in total. The van der Waals surface area contributed by atoms with E-state index >= 15 is 0 Å². The average molecular weight is 429 g/mol. The highest BCUT2D eigenvalue weighted by Gasteiger charge is 2.20. The molecule has 6 nitrogen and oxygen atoms in total. The number of benzene rings is 2. The summed E-state index contributed by atoms with van der Waals surface area (Å²) in [6.07, 6.45) is 1.76. The van der Waals surface area contributed by atoms with Crippen LogP contribution in [0.5, 0.6) is 5.75 Å². The van der Waals surface area contributed by atoms with Gasteiger partial charge in [0.1, 0.15) is 0 Å². The van der Waals surface area contributed by atoms with Crippen LogP contribution in [-0.4, -0.2) is 28.8 Å². The molecule has 0 atom stereocenters. The molecular formula is C23H29ClN4O2. The lowest BCUT2D eigenvalue weighted by atomic mass is 10.1. The summed E-state index contributed by atoms with van der Waals surface area (Å²) in [6.45, 7) is 8.24. The molecule has 3 rings (SSSR count). The highest BCUT2D eigenvalue weighted by atomic mass is 35.5. The minimum absolute atomic E-state index is 0. The molecule has 0 fully saturated rings. The van der Waals surface area contributed by atoms with E-state index in [-0.39, 0.29) is 24.0 Å². The van der Waals surface area contributed by atoms with Gasteiger partial charge in [-0.3, -0.25) is 4.79 Å². The zero-order valence-corrected chi connectivity index (χ0v) is 18.4. The van der Waals surface area contributed by atoms with Crippen molar-refractivity contribution in [1.82, 2.24) is 15.1 Å². The summed E-state index contributed by atoms with van der Waals surface area (Å²) in [7, 11) is 0. The Bertz CT molecular complexity index is 941. The van der Waals surface area contributed by atoms with Gasteiger partial charge in [-0.05, 0) is 36.2 Å². The fourth-order valence-electron chi connectivity index (χ4n) is 2.83. The molecule has 0 bridgehead atoms. The van der Waals surface area contributed by atoms with E-state index < -0.39 is 0 Å². The Balaban J connectivity index is 0.00000320. The van der Waals surface area contributed by atoms with Crippen molar-refractivity contribution < 1.29 is 9.53 Å². The number of halogens is 1. The third kappa shape index (κ3) is 6.08. The Morgan fingerprint density at radius 1 is 1.10 bits per heavy atom. The fourth-order valence-corrected chi connectivity index (χ4v) is 2.83. The van der Waals surface area contributed by atoms with Gasteiger partial charge in [-0.25, -0.2) is 4.68 Å². The second kappa shape index (κ2) is 11.4. The van der Waals surface area contributed by atoms with Crippen LogP contribution in [0.4, 0.5) is 5.69 Å². The summed E-state index contributed by atoms with van der Waals surface area (Å²) in [5.74, 6) is 0.526. The number of amides is 1. The molecule has 30 heavy (non-hydrogen) atoms. The molecule has 0 aliphatic heterocycles. The highest BCUT2D eigenvalue weighted by molar-refractivity contribution is 6.05. The van der Waals surface area contributed by atoms with Crippen molar-refractivity contribution in [3.05, 3.63) is 72.1 Å². The highest BCUT2D eigenvalue weighted by Crippen LogP contribution is 2.23. The zero-order valence-electron chi connectivity index (χ0n) is 17.6. The van der Waals surface area contributed by atoms with Gasteiger partial charge in [-0.1, -0.05) is 57.2 Å². The van der Waals surface area contributed by atoms with Gasteiger partial charge in [0.2, 0.25) is 0 Å². The molecule has 0 saturated carbocycles. The molecule has 160 valence electrons. The molecule has 0 radical (unpaired) electrons. The molecule has 1 amide bonds. The minimum Gasteiger partial charge on any atom is -0.489 e. The van der Waals surface area contributed by atoms with Crippen LogP contribution in [0.3, 0.4) is 0 Å². The second-order valence-corrected chi connectivity index (χ2v) is 7.22. The van der Waals surface area contributed by atoms with Crippen LogP contribution in [-0.2, 0) is 6.54 Å². The molecule has 0 spiro atoms. The lowest BCUT2D eigenvalue weighted by Crippen LogP contribution is -2.18. The summed E-state index contributed by atoms with van der Waals surface area (Å²) in [4.78, 5) is 13.1. The lowest BCUT2D eigenvalue weighted by Gasteiger charge is -2.12. The molecule has 0 aliphatic carbocycles. The molecule has 7 heteroatoms. The Morgan fingerprint density at radius 3 is 2.50 bits per heavy atom. The van der Waals surface area contributed by atoms with E-state index in [1.54, 1.807) is 10.9 Å². The number of nitrogens with zero attached hydrogens (tertiary/aromatic N) is 2. The Labute approximate surface area is 184 Å². The smallest absolute Gasteiger partial charge is 0.280 e. The molecular weight excluding hydrogens is 400 g/mol. The molecule has 1 aromatic heterocycles. The van der Waals surface area contributed by atoms with Crippen LogP contribution < -0.4 is 15.4 Å². The van der Waals surface area contributed by atoms with E-state index in [0.717, 1.165) is 23.5 Å². The first-order chi connectivity index (χ1) is 14.1. The number of ether oxygens (including phenoxy) is 1. The van der Waals surface area contributed by atoms with Crippen molar-refractivity contribution in [2.75, 3.05) is 18.5 Å². The van der Waals surface area contributed by atoms with Crippen LogP contribution in [0.2, 0.25) is 0 Å². The number of nitrogens with one attached hydrogen (secondary N) is 2.